The number of methoxy groups -OCH3 is 1. The summed E-state index contributed by atoms with van der Waals surface area (Å²) in [6, 6.07) is 4.69. The largest absolute Gasteiger partial charge is 0.383 e. The molecule has 0 aliphatic heterocycles. The molecule has 0 atom stereocenters. The fourth-order valence-corrected chi connectivity index (χ4v) is 1.55. The predicted octanol–water partition coefficient (Wildman–Crippen LogP) is 2.23. The normalized spacial score (nSPS) is 10.7. The molecule has 0 aromatic heterocycles. The molecule has 1 N–H and O–H groups in total. The van der Waals surface area contributed by atoms with E-state index in [0.29, 0.717) is 39.6 Å². The summed E-state index contributed by atoms with van der Waals surface area (Å²) in [5, 5.41) is 3.20. The first-order valence-corrected chi connectivity index (χ1v) is 6.38. The Morgan fingerprint density at radius 1 is 1.05 bits per heavy atom. The van der Waals surface area contributed by atoms with Crippen molar-refractivity contribution in [3.63, 3.8) is 0 Å². The van der Waals surface area contributed by atoms with Gasteiger partial charge in [-0.25, -0.2) is 4.39 Å². The average Bonchev–Trinajstić information content (AvgIpc) is 2.39. The smallest absolute Gasteiger partial charge is 0.123 e. The first kappa shape index (κ1) is 15.9. The van der Waals surface area contributed by atoms with Crippen LogP contribution in [0, 0.1) is 12.7 Å². The molecule has 0 unspecified atom stereocenters. The second kappa shape index (κ2) is 9.72. The Morgan fingerprint density at radius 2 is 1.74 bits per heavy atom. The van der Waals surface area contributed by atoms with Gasteiger partial charge in [0.2, 0.25) is 0 Å². The van der Waals surface area contributed by atoms with Crippen molar-refractivity contribution >= 4 is 5.69 Å². The molecular formula is C14H22FNO3. The summed E-state index contributed by atoms with van der Waals surface area (Å²) in [5.74, 6) is -0.215. The highest BCUT2D eigenvalue weighted by Gasteiger charge is 1.98. The van der Waals surface area contributed by atoms with E-state index in [9.17, 15) is 4.39 Å². The number of ether oxygens (including phenoxy) is 3. The van der Waals surface area contributed by atoms with Crippen LogP contribution >= 0.6 is 0 Å². The van der Waals surface area contributed by atoms with Crippen molar-refractivity contribution in [1.29, 1.82) is 0 Å². The summed E-state index contributed by atoms with van der Waals surface area (Å²) in [6.45, 7) is 5.47. The number of halogens is 1. The van der Waals surface area contributed by atoms with Crippen LogP contribution in [0.15, 0.2) is 18.2 Å². The molecule has 0 aliphatic carbocycles. The second-order valence-corrected chi connectivity index (χ2v) is 4.10. The quantitative estimate of drug-likeness (QED) is 0.662. The fourth-order valence-electron chi connectivity index (χ4n) is 1.55. The summed E-state index contributed by atoms with van der Waals surface area (Å²) in [5.41, 5.74) is 1.82. The summed E-state index contributed by atoms with van der Waals surface area (Å²) < 4.78 is 28.4. The third-order valence-corrected chi connectivity index (χ3v) is 2.55. The minimum absolute atomic E-state index is 0.215. The van der Waals surface area contributed by atoms with E-state index in [4.69, 9.17) is 14.2 Å². The highest BCUT2D eigenvalue weighted by molar-refractivity contribution is 5.50. The summed E-state index contributed by atoms with van der Waals surface area (Å²) in [4.78, 5) is 0. The van der Waals surface area contributed by atoms with Gasteiger partial charge in [-0.05, 0) is 30.7 Å². The third-order valence-electron chi connectivity index (χ3n) is 2.55. The molecule has 1 aromatic rings. The molecule has 1 aromatic carbocycles. The van der Waals surface area contributed by atoms with E-state index in [1.54, 1.807) is 13.2 Å². The van der Waals surface area contributed by atoms with Crippen LogP contribution in [0.1, 0.15) is 5.56 Å². The molecule has 4 nitrogen and oxygen atoms in total. The Balaban J connectivity index is 2.01. The lowest BCUT2D eigenvalue weighted by atomic mass is 10.2. The molecule has 108 valence electrons. The van der Waals surface area contributed by atoms with Gasteiger partial charge in [0.15, 0.2) is 0 Å². The van der Waals surface area contributed by atoms with E-state index in [2.05, 4.69) is 5.32 Å². The van der Waals surface area contributed by atoms with Crippen molar-refractivity contribution in [1.82, 2.24) is 0 Å². The Kier molecular flexibility index (Phi) is 8.13. The van der Waals surface area contributed by atoms with Gasteiger partial charge in [0.1, 0.15) is 5.82 Å². The molecule has 1 rings (SSSR count). The van der Waals surface area contributed by atoms with Gasteiger partial charge in [-0.2, -0.15) is 0 Å². The predicted molar refractivity (Wildman–Crippen MR) is 73.1 cm³/mol. The van der Waals surface area contributed by atoms with Gasteiger partial charge < -0.3 is 19.5 Å². The van der Waals surface area contributed by atoms with Crippen molar-refractivity contribution in [2.75, 3.05) is 52.0 Å². The number of benzene rings is 1. The molecule has 0 aliphatic rings. The minimum atomic E-state index is -0.215. The highest BCUT2D eigenvalue weighted by atomic mass is 19.1. The topological polar surface area (TPSA) is 39.7 Å². The van der Waals surface area contributed by atoms with Crippen molar-refractivity contribution in [3.05, 3.63) is 29.6 Å². The van der Waals surface area contributed by atoms with Crippen LogP contribution in [0.5, 0.6) is 0 Å². The zero-order valence-electron chi connectivity index (χ0n) is 11.6. The highest BCUT2D eigenvalue weighted by Crippen LogP contribution is 2.14. The minimum Gasteiger partial charge on any atom is -0.383 e. The van der Waals surface area contributed by atoms with Crippen molar-refractivity contribution in [2.45, 2.75) is 6.92 Å². The molecule has 0 saturated carbocycles. The molecule has 0 spiro atoms. The molecule has 5 heteroatoms. The van der Waals surface area contributed by atoms with Crippen LogP contribution in [0.25, 0.3) is 0 Å². The van der Waals surface area contributed by atoms with Gasteiger partial charge in [-0.3, -0.25) is 0 Å². The van der Waals surface area contributed by atoms with Gasteiger partial charge in [0, 0.05) is 19.3 Å². The zero-order valence-corrected chi connectivity index (χ0v) is 11.6. The van der Waals surface area contributed by atoms with Crippen LogP contribution in [0.2, 0.25) is 0 Å². The fraction of sp³-hybridized carbons (Fsp3) is 0.571. The standard InChI is InChI=1S/C14H22FNO3/c1-12-11-13(15)3-4-14(12)16-5-6-18-9-10-19-8-7-17-2/h3-4,11,16H,5-10H2,1-2H3. The molecule has 19 heavy (non-hydrogen) atoms. The van der Waals surface area contributed by atoms with Gasteiger partial charge in [-0.1, -0.05) is 0 Å². The van der Waals surface area contributed by atoms with E-state index in [1.165, 1.54) is 12.1 Å². The lowest BCUT2D eigenvalue weighted by Gasteiger charge is -2.10. The summed E-state index contributed by atoms with van der Waals surface area (Å²) in [7, 11) is 1.64. The number of aryl methyl sites for hydroxylation is 1. The van der Waals surface area contributed by atoms with Crippen LogP contribution < -0.4 is 5.32 Å². The second-order valence-electron chi connectivity index (χ2n) is 4.10. The number of rotatable bonds is 10. The third kappa shape index (κ3) is 7.10. The SMILES string of the molecule is COCCOCCOCCNc1ccc(F)cc1C. The zero-order chi connectivity index (χ0) is 13.9. The summed E-state index contributed by atoms with van der Waals surface area (Å²) >= 11 is 0. The monoisotopic (exact) mass is 271 g/mol. The van der Waals surface area contributed by atoms with Crippen LogP contribution in [0.4, 0.5) is 10.1 Å². The lowest BCUT2D eigenvalue weighted by molar-refractivity contribution is 0.0272. The maximum Gasteiger partial charge on any atom is 0.123 e. The molecular weight excluding hydrogens is 249 g/mol. The maximum atomic E-state index is 12.9. The van der Waals surface area contributed by atoms with E-state index in [1.807, 2.05) is 6.92 Å². The van der Waals surface area contributed by atoms with Crippen LogP contribution in [-0.2, 0) is 14.2 Å². The Labute approximate surface area is 113 Å². The van der Waals surface area contributed by atoms with E-state index >= 15 is 0 Å². The molecule has 0 bridgehead atoms. The molecule has 0 radical (unpaired) electrons. The maximum absolute atomic E-state index is 12.9. The first-order chi connectivity index (χ1) is 9.24. The molecule has 0 fully saturated rings. The van der Waals surface area contributed by atoms with Crippen LogP contribution in [0.3, 0.4) is 0 Å². The number of nitrogens with one attached hydrogen (secondary N) is 1. The van der Waals surface area contributed by atoms with E-state index in [0.717, 1.165) is 11.3 Å². The van der Waals surface area contributed by atoms with Crippen molar-refractivity contribution in [2.24, 2.45) is 0 Å². The first-order valence-electron chi connectivity index (χ1n) is 6.38. The van der Waals surface area contributed by atoms with Gasteiger partial charge in [0.05, 0.1) is 33.0 Å². The van der Waals surface area contributed by atoms with Gasteiger partial charge >= 0.3 is 0 Å². The number of hydrogen-bond donors (Lipinski definition) is 1. The Bertz CT molecular complexity index is 361. The Morgan fingerprint density at radius 3 is 2.42 bits per heavy atom. The van der Waals surface area contributed by atoms with Gasteiger partial charge in [0.25, 0.3) is 0 Å². The van der Waals surface area contributed by atoms with Crippen LogP contribution in [-0.4, -0.2) is 46.7 Å². The van der Waals surface area contributed by atoms with Crippen molar-refractivity contribution < 1.29 is 18.6 Å². The average molecular weight is 271 g/mol. The van der Waals surface area contributed by atoms with Gasteiger partial charge in [-0.15, -0.1) is 0 Å². The molecule has 0 amide bonds. The molecule has 0 saturated heterocycles. The Hall–Kier alpha value is -1.17. The molecule has 0 heterocycles. The van der Waals surface area contributed by atoms with E-state index < -0.39 is 0 Å². The number of anilines is 1. The number of hydrogen-bond acceptors (Lipinski definition) is 4. The lowest BCUT2D eigenvalue weighted by Crippen LogP contribution is -2.14. The summed E-state index contributed by atoms with van der Waals surface area (Å²) in [6.07, 6.45) is 0. The van der Waals surface area contributed by atoms with Crippen molar-refractivity contribution in [3.8, 4) is 0 Å². The van der Waals surface area contributed by atoms with E-state index in [-0.39, 0.29) is 5.82 Å².